The molecule has 0 radical (unpaired) electrons. The van der Waals surface area contributed by atoms with Crippen molar-refractivity contribution in [3.05, 3.63) is 89.3 Å². The van der Waals surface area contributed by atoms with E-state index in [4.69, 9.17) is 18.7 Å². The predicted molar refractivity (Wildman–Crippen MR) is 221 cm³/mol. The fourth-order valence-corrected chi connectivity index (χ4v) is 12.5. The Balaban J connectivity index is 0.994. The third-order valence-corrected chi connectivity index (χ3v) is 15.2. The maximum absolute atomic E-state index is 14.8. The van der Waals surface area contributed by atoms with Crippen LogP contribution in [0.2, 0.25) is 0 Å². The number of esters is 1. The molecule has 10 atom stereocenters. The van der Waals surface area contributed by atoms with Gasteiger partial charge in [0, 0.05) is 46.9 Å². The topological polar surface area (TPSA) is 202 Å². The zero-order valence-corrected chi connectivity index (χ0v) is 35.9. The number of aliphatic hydroxyl groups excluding tert-OH is 2. The Hall–Kier alpha value is -3.85. The SMILES string of the molecule is CNCC(O)c1ccc(OP(=O)(O)O)c(C[n+]2cccc(/C=C/C(=O)OCC(=O)[C@@]34O[C@H](C5CCCCC5)O[C@@H]3C[C@H]3[C@@H]5CCC6=CC(=O)C=C[C@]6(C)[C@H]5[C@@H](O)C[C@@]34C)c2)c1. The summed E-state index contributed by atoms with van der Waals surface area (Å²) in [4.78, 5) is 59.5. The lowest BCUT2D eigenvalue weighted by Crippen LogP contribution is -2.63. The fraction of sp³-hybridized carbons (Fsp3) is 0.565. The zero-order chi connectivity index (χ0) is 43.3. The Labute approximate surface area is 356 Å². The van der Waals surface area contributed by atoms with Crippen molar-refractivity contribution in [2.75, 3.05) is 20.2 Å². The molecule has 0 amide bonds. The summed E-state index contributed by atoms with van der Waals surface area (Å²) in [6, 6.07) is 8.07. The summed E-state index contributed by atoms with van der Waals surface area (Å²) in [6.45, 7) is 4.03. The van der Waals surface area contributed by atoms with Crippen LogP contribution in [-0.2, 0) is 39.7 Å². The third-order valence-electron chi connectivity index (χ3n) is 14.8. The number of hydrogen-bond acceptors (Lipinski definition) is 11. The van der Waals surface area contributed by atoms with Gasteiger partial charge in [0.15, 0.2) is 43.2 Å². The van der Waals surface area contributed by atoms with Crippen LogP contribution >= 0.6 is 7.82 Å². The number of carbonyl (C=O) groups is 3. The number of phosphoric ester groups is 1. The van der Waals surface area contributed by atoms with Crippen molar-refractivity contribution in [3.8, 4) is 5.75 Å². The number of pyridine rings is 1. The molecule has 5 N–H and O–H groups in total. The highest BCUT2D eigenvalue weighted by molar-refractivity contribution is 7.46. The number of ketones is 2. The van der Waals surface area contributed by atoms with Crippen LogP contribution in [0.15, 0.2) is 72.6 Å². The smallest absolute Gasteiger partial charge is 0.454 e. The molecule has 1 aromatic heterocycles. The number of aliphatic hydroxyl groups is 2. The minimum absolute atomic E-state index is 0.00717. The Morgan fingerprint density at radius 3 is 2.67 bits per heavy atom. The van der Waals surface area contributed by atoms with Crippen molar-refractivity contribution < 1.29 is 62.2 Å². The number of fused-ring (bicyclic) bond motifs is 7. The average molecular weight is 862 g/mol. The van der Waals surface area contributed by atoms with Crippen LogP contribution < -0.4 is 14.4 Å². The van der Waals surface area contributed by atoms with Gasteiger partial charge < -0.3 is 34.3 Å². The first-order chi connectivity index (χ1) is 29.0. The molecule has 1 aliphatic heterocycles. The maximum Gasteiger partial charge on any atom is 0.524 e. The molecule has 1 unspecified atom stereocenters. The summed E-state index contributed by atoms with van der Waals surface area (Å²) in [6.07, 6.45) is 16.4. The standard InChI is InChI=1S/C46H57N2O12P/c1-44-18-17-33(49)21-32(44)13-14-34-35-22-40-46(45(35,2)23-36(50)42(34)44,59-43(58-40)29-9-5-4-6-10-29)39(52)27-57-41(53)16-11-28-8-7-19-48(25-28)26-31-20-30(37(51)24-47-3)12-15-38(31)60-61(54,55)56/h7-8,11-12,15-21,25,29,34-37,40,42-43,47,50-51H,4-6,9-10,13-14,22-24,26-27H2,1-3H3,(H-,54,55,56)/p+1/b16-11+/t34-,35-,36-,37?,40+,42+,43+,44-,45-,46+/m0/s1. The van der Waals surface area contributed by atoms with Gasteiger partial charge in [-0.1, -0.05) is 50.8 Å². The Morgan fingerprint density at radius 1 is 1.13 bits per heavy atom. The molecule has 6 aliphatic rings. The number of hydrogen-bond donors (Lipinski definition) is 5. The minimum atomic E-state index is -4.88. The molecular formula is C46H58N2O12P+. The summed E-state index contributed by atoms with van der Waals surface area (Å²) in [5.41, 5.74) is -0.0956. The first-order valence-corrected chi connectivity index (χ1v) is 23.1. The number of allylic oxidation sites excluding steroid dienone is 4. The van der Waals surface area contributed by atoms with Gasteiger partial charge in [0.25, 0.3) is 0 Å². The number of rotatable bonds is 13. The predicted octanol–water partition coefficient (Wildman–Crippen LogP) is 4.82. The number of phosphoric acid groups is 1. The molecule has 4 saturated carbocycles. The molecular weight excluding hydrogens is 803 g/mol. The van der Waals surface area contributed by atoms with Gasteiger partial charge in [0.2, 0.25) is 5.78 Å². The monoisotopic (exact) mass is 861 g/mol. The van der Waals surface area contributed by atoms with E-state index in [-0.39, 0.29) is 54.1 Å². The molecule has 5 fully saturated rings. The first-order valence-electron chi connectivity index (χ1n) is 21.6. The second-order valence-corrected chi connectivity index (χ2v) is 19.6. The average Bonchev–Trinajstić information content (AvgIpc) is 3.73. The highest BCUT2D eigenvalue weighted by Crippen LogP contribution is 2.70. The molecule has 8 rings (SSSR count). The van der Waals surface area contributed by atoms with E-state index >= 15 is 0 Å². The quantitative estimate of drug-likeness (QED) is 0.0795. The molecule has 1 saturated heterocycles. The fourth-order valence-electron chi connectivity index (χ4n) is 12.1. The van der Waals surface area contributed by atoms with Crippen LogP contribution in [0, 0.1) is 34.5 Å². The van der Waals surface area contributed by atoms with Crippen LogP contribution in [0.3, 0.4) is 0 Å². The molecule has 15 heteroatoms. The van der Waals surface area contributed by atoms with Gasteiger partial charge in [-0.25, -0.2) is 13.9 Å². The van der Waals surface area contributed by atoms with Crippen molar-refractivity contribution in [2.45, 2.75) is 108 Å². The zero-order valence-electron chi connectivity index (χ0n) is 35.0. The lowest BCUT2D eigenvalue weighted by Gasteiger charge is -2.59. The van der Waals surface area contributed by atoms with E-state index in [2.05, 4.69) is 19.2 Å². The summed E-state index contributed by atoms with van der Waals surface area (Å²) < 4.78 is 37.9. The van der Waals surface area contributed by atoms with Crippen LogP contribution in [0.1, 0.15) is 94.4 Å². The first kappa shape index (κ1) is 43.8. The van der Waals surface area contributed by atoms with Gasteiger partial charge in [-0.05, 0) is 99.4 Å². The van der Waals surface area contributed by atoms with Gasteiger partial charge >= 0.3 is 13.8 Å². The number of benzene rings is 1. The molecule has 14 nitrogen and oxygen atoms in total. The van der Waals surface area contributed by atoms with E-state index in [0.29, 0.717) is 29.5 Å². The van der Waals surface area contributed by atoms with Gasteiger partial charge in [-0.2, -0.15) is 0 Å². The highest BCUT2D eigenvalue weighted by Gasteiger charge is 2.76. The molecule has 61 heavy (non-hydrogen) atoms. The second-order valence-electron chi connectivity index (χ2n) is 18.4. The minimum Gasteiger partial charge on any atom is -0.454 e. The van der Waals surface area contributed by atoms with E-state index in [0.717, 1.165) is 50.5 Å². The summed E-state index contributed by atoms with van der Waals surface area (Å²) in [7, 11) is -3.18. The number of nitrogens with one attached hydrogen (secondary N) is 1. The number of aromatic nitrogens is 1. The summed E-state index contributed by atoms with van der Waals surface area (Å²) in [5, 5.41) is 25.6. The lowest BCUT2D eigenvalue weighted by molar-refractivity contribution is -0.688. The van der Waals surface area contributed by atoms with Crippen LogP contribution in [-0.4, -0.2) is 81.8 Å². The van der Waals surface area contributed by atoms with E-state index < -0.39 is 61.4 Å². The number of likely N-dealkylation sites (N-methyl/N-ethyl adjacent to an activating group) is 1. The van der Waals surface area contributed by atoms with Crippen molar-refractivity contribution in [2.24, 2.45) is 34.5 Å². The second kappa shape index (κ2) is 17.0. The molecule has 0 bridgehead atoms. The third kappa shape index (κ3) is 8.26. The van der Waals surface area contributed by atoms with Crippen LogP contribution in [0.4, 0.5) is 0 Å². The molecule has 328 valence electrons. The lowest BCUT2D eigenvalue weighted by atomic mass is 9.46. The summed E-state index contributed by atoms with van der Waals surface area (Å²) in [5.74, 6) is -1.10. The number of carbonyl (C=O) groups excluding carboxylic acids is 3. The molecule has 1 aromatic carbocycles. The largest absolute Gasteiger partial charge is 0.524 e. The number of nitrogens with zero attached hydrogens (tertiary/aromatic N) is 1. The molecule has 2 heterocycles. The number of Topliss-reactive ketones (excluding diaryl/α,β-unsaturated/α-hetero) is 1. The van der Waals surface area contributed by atoms with Gasteiger partial charge in [0.05, 0.1) is 23.9 Å². The van der Waals surface area contributed by atoms with Gasteiger partial charge in [0.1, 0.15) is 5.75 Å². The molecule has 2 aromatic rings. The number of ether oxygens (including phenoxy) is 3. The van der Waals surface area contributed by atoms with Gasteiger partial charge in [-0.3, -0.25) is 19.4 Å². The van der Waals surface area contributed by atoms with Crippen molar-refractivity contribution in [3.63, 3.8) is 0 Å². The molecule has 0 spiro atoms. The Bertz CT molecular complexity index is 2180. The normalized spacial score (nSPS) is 34.0. The Morgan fingerprint density at radius 2 is 1.92 bits per heavy atom. The maximum atomic E-state index is 14.8. The van der Waals surface area contributed by atoms with Crippen LogP contribution in [0.25, 0.3) is 6.08 Å². The van der Waals surface area contributed by atoms with E-state index in [1.165, 1.54) is 12.1 Å². The van der Waals surface area contributed by atoms with E-state index in [1.54, 1.807) is 66.5 Å². The highest BCUT2D eigenvalue weighted by atomic mass is 31.2. The van der Waals surface area contributed by atoms with Gasteiger partial charge in [-0.15, -0.1) is 0 Å². The molecule has 5 aliphatic carbocycles. The van der Waals surface area contributed by atoms with E-state index in [1.807, 2.05) is 6.08 Å². The van der Waals surface area contributed by atoms with Crippen molar-refractivity contribution in [1.29, 1.82) is 0 Å². The van der Waals surface area contributed by atoms with Crippen LogP contribution in [0.5, 0.6) is 5.75 Å². The Kier molecular flexibility index (Phi) is 12.2. The summed E-state index contributed by atoms with van der Waals surface area (Å²) >= 11 is 0. The van der Waals surface area contributed by atoms with E-state index in [9.17, 15) is 38.9 Å². The van der Waals surface area contributed by atoms with Crippen molar-refractivity contribution >= 4 is 31.4 Å². The van der Waals surface area contributed by atoms with Crippen molar-refractivity contribution in [1.82, 2.24) is 5.32 Å².